The van der Waals surface area contributed by atoms with Crippen molar-refractivity contribution in [1.82, 2.24) is 4.90 Å². The van der Waals surface area contributed by atoms with Crippen molar-refractivity contribution in [2.24, 2.45) is 11.8 Å². The quantitative estimate of drug-likeness (QED) is 0.900. The molecule has 1 aliphatic carbocycles. The van der Waals surface area contributed by atoms with Crippen molar-refractivity contribution < 1.29 is 14.7 Å². The van der Waals surface area contributed by atoms with Gasteiger partial charge in [0, 0.05) is 19.0 Å². The van der Waals surface area contributed by atoms with E-state index in [9.17, 15) is 9.59 Å². The van der Waals surface area contributed by atoms with Crippen LogP contribution in [-0.4, -0.2) is 21.9 Å². The molecule has 2 aliphatic rings. The number of carboxylic acids is 1. The molecule has 1 aromatic rings. The average molecular weight is 273 g/mol. The molecule has 0 radical (unpaired) electrons. The van der Waals surface area contributed by atoms with Gasteiger partial charge in [-0.2, -0.15) is 0 Å². The first-order valence-corrected chi connectivity index (χ1v) is 7.23. The van der Waals surface area contributed by atoms with E-state index in [0.717, 1.165) is 12.8 Å². The van der Waals surface area contributed by atoms with Crippen LogP contribution in [0, 0.1) is 11.8 Å². The second-order valence-electron chi connectivity index (χ2n) is 5.86. The second-order valence-corrected chi connectivity index (χ2v) is 5.86. The van der Waals surface area contributed by atoms with Gasteiger partial charge in [-0.3, -0.25) is 9.59 Å². The lowest BCUT2D eigenvalue weighted by Crippen LogP contribution is -2.36. The number of hydrogen-bond donors (Lipinski definition) is 1. The Hall–Kier alpha value is -1.84. The summed E-state index contributed by atoms with van der Waals surface area (Å²) in [4.78, 5) is 25.5. The number of fused-ring (bicyclic) bond motifs is 1. The van der Waals surface area contributed by atoms with E-state index in [-0.39, 0.29) is 17.7 Å². The maximum atomic E-state index is 12.6. The molecule has 0 saturated heterocycles. The third-order valence-corrected chi connectivity index (χ3v) is 4.53. The van der Waals surface area contributed by atoms with Gasteiger partial charge in [-0.1, -0.05) is 30.7 Å². The van der Waals surface area contributed by atoms with Gasteiger partial charge in [0.25, 0.3) is 0 Å². The lowest BCUT2D eigenvalue weighted by molar-refractivity contribution is -0.145. The molecule has 1 aromatic carbocycles. The van der Waals surface area contributed by atoms with Crippen LogP contribution >= 0.6 is 0 Å². The van der Waals surface area contributed by atoms with Gasteiger partial charge in [-0.15, -0.1) is 0 Å². The van der Waals surface area contributed by atoms with E-state index < -0.39 is 5.97 Å². The highest BCUT2D eigenvalue weighted by atomic mass is 16.4. The Morgan fingerprint density at radius 2 is 1.65 bits per heavy atom. The van der Waals surface area contributed by atoms with Crippen LogP contribution in [-0.2, 0) is 22.7 Å². The van der Waals surface area contributed by atoms with E-state index in [1.165, 1.54) is 11.1 Å². The molecule has 0 bridgehead atoms. The summed E-state index contributed by atoms with van der Waals surface area (Å²) in [7, 11) is 0. The third kappa shape index (κ3) is 2.42. The lowest BCUT2D eigenvalue weighted by atomic mass is 9.81. The van der Waals surface area contributed by atoms with Crippen LogP contribution < -0.4 is 0 Å². The fraction of sp³-hybridized carbons (Fsp3) is 0.500. The van der Waals surface area contributed by atoms with E-state index in [0.29, 0.717) is 25.9 Å². The Morgan fingerprint density at radius 1 is 1.05 bits per heavy atom. The van der Waals surface area contributed by atoms with Crippen LogP contribution in [0.3, 0.4) is 0 Å². The Morgan fingerprint density at radius 3 is 2.25 bits per heavy atom. The van der Waals surface area contributed by atoms with Gasteiger partial charge in [0.15, 0.2) is 0 Å². The molecule has 0 unspecified atom stereocenters. The molecule has 106 valence electrons. The number of benzene rings is 1. The molecule has 1 N–H and O–H groups in total. The van der Waals surface area contributed by atoms with Crippen molar-refractivity contribution in [3.8, 4) is 0 Å². The van der Waals surface area contributed by atoms with Crippen molar-refractivity contribution in [2.75, 3.05) is 0 Å². The number of carbonyl (C=O) groups is 2. The lowest BCUT2D eigenvalue weighted by Gasteiger charge is -2.29. The molecule has 4 heteroatoms. The largest absolute Gasteiger partial charge is 0.481 e. The molecule has 1 heterocycles. The molecule has 1 fully saturated rings. The van der Waals surface area contributed by atoms with Gasteiger partial charge in [0.05, 0.1) is 5.92 Å². The van der Waals surface area contributed by atoms with Gasteiger partial charge in [-0.05, 0) is 30.4 Å². The van der Waals surface area contributed by atoms with Gasteiger partial charge >= 0.3 is 5.97 Å². The van der Waals surface area contributed by atoms with Crippen LogP contribution in [0.5, 0.6) is 0 Å². The zero-order valence-electron chi connectivity index (χ0n) is 11.4. The Labute approximate surface area is 118 Å². The van der Waals surface area contributed by atoms with Gasteiger partial charge in [0.1, 0.15) is 0 Å². The van der Waals surface area contributed by atoms with E-state index >= 15 is 0 Å². The fourth-order valence-electron chi connectivity index (χ4n) is 3.39. The SMILES string of the molecule is O=C(O)[C@H]1CCC[C@@H](C(=O)N2Cc3ccccc3C2)C1. The summed E-state index contributed by atoms with van der Waals surface area (Å²) in [6, 6.07) is 8.11. The number of amides is 1. The summed E-state index contributed by atoms with van der Waals surface area (Å²) in [6.07, 6.45) is 2.88. The molecule has 0 aromatic heterocycles. The molecule has 3 rings (SSSR count). The van der Waals surface area contributed by atoms with E-state index in [1.54, 1.807) is 0 Å². The van der Waals surface area contributed by atoms with Crippen LogP contribution in [0.2, 0.25) is 0 Å². The minimum absolute atomic E-state index is 0.112. The second kappa shape index (κ2) is 5.27. The Balaban J connectivity index is 1.67. The van der Waals surface area contributed by atoms with Crippen LogP contribution in [0.1, 0.15) is 36.8 Å². The van der Waals surface area contributed by atoms with Gasteiger partial charge in [0.2, 0.25) is 5.91 Å². The summed E-state index contributed by atoms with van der Waals surface area (Å²) in [6.45, 7) is 1.34. The minimum atomic E-state index is -0.757. The predicted molar refractivity (Wildman–Crippen MR) is 73.8 cm³/mol. The monoisotopic (exact) mass is 273 g/mol. The maximum absolute atomic E-state index is 12.6. The van der Waals surface area contributed by atoms with Crippen LogP contribution in [0.25, 0.3) is 0 Å². The first-order valence-electron chi connectivity index (χ1n) is 7.23. The van der Waals surface area contributed by atoms with Crippen molar-refractivity contribution in [1.29, 1.82) is 0 Å². The fourth-order valence-corrected chi connectivity index (χ4v) is 3.39. The highest BCUT2D eigenvalue weighted by Gasteiger charge is 2.34. The number of carboxylic acid groups (broad SMARTS) is 1. The first-order chi connectivity index (χ1) is 9.65. The molecule has 1 aliphatic heterocycles. The summed E-state index contributed by atoms with van der Waals surface area (Å²) >= 11 is 0. The number of hydrogen-bond acceptors (Lipinski definition) is 2. The molecule has 20 heavy (non-hydrogen) atoms. The predicted octanol–water partition coefficient (Wildman–Crippen LogP) is 2.42. The minimum Gasteiger partial charge on any atom is -0.481 e. The topological polar surface area (TPSA) is 57.6 Å². The highest BCUT2D eigenvalue weighted by molar-refractivity contribution is 5.81. The van der Waals surface area contributed by atoms with Crippen molar-refractivity contribution >= 4 is 11.9 Å². The number of rotatable bonds is 2. The molecular weight excluding hydrogens is 254 g/mol. The smallest absolute Gasteiger partial charge is 0.306 e. The summed E-state index contributed by atoms with van der Waals surface area (Å²) in [5, 5.41) is 9.12. The number of aliphatic carboxylic acids is 1. The van der Waals surface area contributed by atoms with E-state index in [2.05, 4.69) is 12.1 Å². The molecule has 0 spiro atoms. The van der Waals surface area contributed by atoms with Gasteiger partial charge < -0.3 is 10.0 Å². The first kappa shape index (κ1) is 13.2. The van der Waals surface area contributed by atoms with Gasteiger partial charge in [-0.25, -0.2) is 0 Å². The van der Waals surface area contributed by atoms with Crippen LogP contribution in [0.15, 0.2) is 24.3 Å². The van der Waals surface area contributed by atoms with Crippen molar-refractivity contribution in [3.05, 3.63) is 35.4 Å². The van der Waals surface area contributed by atoms with Crippen molar-refractivity contribution in [3.63, 3.8) is 0 Å². The van der Waals surface area contributed by atoms with Crippen LogP contribution in [0.4, 0.5) is 0 Å². The highest BCUT2D eigenvalue weighted by Crippen LogP contribution is 2.33. The Kier molecular flexibility index (Phi) is 3.47. The molecule has 1 saturated carbocycles. The van der Waals surface area contributed by atoms with E-state index in [1.807, 2.05) is 17.0 Å². The molecular formula is C16H19NO3. The average Bonchev–Trinajstić information content (AvgIpc) is 2.90. The molecule has 4 nitrogen and oxygen atoms in total. The number of nitrogens with zero attached hydrogens (tertiary/aromatic N) is 1. The zero-order valence-corrected chi connectivity index (χ0v) is 11.4. The normalized spacial score (nSPS) is 25.3. The summed E-state index contributed by atoms with van der Waals surface area (Å²) < 4.78 is 0. The zero-order chi connectivity index (χ0) is 14.1. The van der Waals surface area contributed by atoms with Crippen molar-refractivity contribution in [2.45, 2.75) is 38.8 Å². The summed E-state index contributed by atoms with van der Waals surface area (Å²) in [5.74, 6) is -1.08. The molecule has 1 amide bonds. The molecule has 2 atom stereocenters. The summed E-state index contributed by atoms with van der Waals surface area (Å²) in [5.41, 5.74) is 2.43. The maximum Gasteiger partial charge on any atom is 0.306 e. The Bertz CT molecular complexity index is 515. The number of carbonyl (C=O) groups excluding carboxylic acids is 1. The standard InChI is InChI=1S/C16H19NO3/c18-15(11-6-3-7-12(8-11)16(19)20)17-9-13-4-1-2-5-14(13)10-17/h1-2,4-5,11-12H,3,6-10H2,(H,19,20)/t11-,12+/m1/s1. The third-order valence-electron chi connectivity index (χ3n) is 4.53. The van der Waals surface area contributed by atoms with E-state index in [4.69, 9.17) is 5.11 Å².